The number of hydrogen-bond donors (Lipinski definition) is 2. The van der Waals surface area contributed by atoms with E-state index in [1.807, 2.05) is 12.1 Å². The van der Waals surface area contributed by atoms with E-state index >= 15 is 0 Å². The zero-order chi connectivity index (χ0) is 12.4. The van der Waals surface area contributed by atoms with E-state index < -0.39 is 0 Å². The van der Waals surface area contributed by atoms with Gasteiger partial charge in [-0.25, -0.2) is 0 Å². The number of nitrogens with two attached hydrogens (primary N) is 1. The fraction of sp³-hybridized carbons (Fsp3) is 0.462. The third-order valence-electron chi connectivity index (χ3n) is 3.39. The molecule has 1 fully saturated rings. The van der Waals surface area contributed by atoms with Gasteiger partial charge in [-0.15, -0.1) is 0 Å². The molecule has 5 nitrogen and oxygen atoms in total. The number of hydrogen-bond acceptors (Lipinski definition) is 4. The lowest BCUT2D eigenvalue weighted by Gasteiger charge is -2.22. The molecule has 1 aliphatic heterocycles. The van der Waals surface area contributed by atoms with E-state index in [0.717, 1.165) is 42.7 Å². The van der Waals surface area contributed by atoms with Gasteiger partial charge in [0.15, 0.2) is 0 Å². The third-order valence-corrected chi connectivity index (χ3v) is 3.39. The third kappa shape index (κ3) is 2.26. The van der Waals surface area contributed by atoms with E-state index in [9.17, 15) is 0 Å². The predicted octanol–water partition coefficient (Wildman–Crippen LogP) is 1.95. The molecule has 0 unspecified atom stereocenters. The van der Waals surface area contributed by atoms with Crippen LogP contribution in [-0.2, 0) is 4.74 Å². The maximum Gasteiger partial charge on any atom is 0.144 e. The average Bonchev–Trinajstić information content (AvgIpc) is 2.84. The highest BCUT2D eigenvalue weighted by molar-refractivity contribution is 5.84. The molecule has 1 saturated heterocycles. The smallest absolute Gasteiger partial charge is 0.144 e. The summed E-state index contributed by atoms with van der Waals surface area (Å²) < 4.78 is 11.2. The van der Waals surface area contributed by atoms with Crippen molar-refractivity contribution < 1.29 is 9.47 Å². The Hall–Kier alpha value is -1.75. The molecule has 1 aromatic carbocycles. The fourth-order valence-electron chi connectivity index (χ4n) is 2.23. The molecule has 0 radical (unpaired) electrons. The van der Waals surface area contributed by atoms with Crippen molar-refractivity contribution in [1.82, 2.24) is 10.2 Å². The van der Waals surface area contributed by atoms with Crippen LogP contribution in [0.15, 0.2) is 18.3 Å². The lowest BCUT2D eigenvalue weighted by atomic mass is 10.0. The maximum absolute atomic E-state index is 5.97. The molecule has 96 valence electrons. The summed E-state index contributed by atoms with van der Waals surface area (Å²) in [5, 5.41) is 7.91. The quantitative estimate of drug-likeness (QED) is 0.813. The van der Waals surface area contributed by atoms with Gasteiger partial charge in [0.1, 0.15) is 5.75 Å². The Bertz CT molecular complexity index is 532. The highest BCUT2D eigenvalue weighted by atomic mass is 16.5. The van der Waals surface area contributed by atoms with Gasteiger partial charge in [-0.1, -0.05) is 0 Å². The lowest BCUT2D eigenvalue weighted by Crippen LogP contribution is -2.21. The SMILES string of the molecule is Nc1cc2cn[nH]c2cc1OCC1CCOCC1. The Kier molecular flexibility index (Phi) is 3.06. The highest BCUT2D eigenvalue weighted by Crippen LogP contribution is 2.28. The summed E-state index contributed by atoms with van der Waals surface area (Å²) in [5.41, 5.74) is 7.58. The van der Waals surface area contributed by atoms with E-state index in [-0.39, 0.29) is 0 Å². The van der Waals surface area contributed by atoms with Crippen molar-refractivity contribution in [2.45, 2.75) is 12.8 Å². The van der Waals surface area contributed by atoms with Crippen molar-refractivity contribution in [3.8, 4) is 5.75 Å². The van der Waals surface area contributed by atoms with E-state index in [1.54, 1.807) is 6.20 Å². The molecule has 0 amide bonds. The van der Waals surface area contributed by atoms with Gasteiger partial charge < -0.3 is 15.2 Å². The topological polar surface area (TPSA) is 73.2 Å². The van der Waals surface area contributed by atoms with Gasteiger partial charge >= 0.3 is 0 Å². The molecule has 0 aliphatic carbocycles. The van der Waals surface area contributed by atoms with Gasteiger partial charge in [0, 0.05) is 24.7 Å². The Balaban J connectivity index is 1.71. The molecular formula is C13H17N3O2. The molecular weight excluding hydrogens is 230 g/mol. The number of H-pyrrole nitrogens is 1. The minimum absolute atomic E-state index is 0.565. The monoisotopic (exact) mass is 247 g/mol. The van der Waals surface area contributed by atoms with Crippen LogP contribution in [0, 0.1) is 5.92 Å². The number of benzene rings is 1. The molecule has 5 heteroatoms. The minimum Gasteiger partial charge on any atom is -0.491 e. The van der Waals surface area contributed by atoms with Gasteiger partial charge in [-0.2, -0.15) is 5.10 Å². The second-order valence-corrected chi connectivity index (χ2v) is 4.71. The van der Waals surface area contributed by atoms with Crippen molar-refractivity contribution in [3.05, 3.63) is 18.3 Å². The van der Waals surface area contributed by atoms with Gasteiger partial charge in [0.2, 0.25) is 0 Å². The Morgan fingerprint density at radius 1 is 1.39 bits per heavy atom. The fourth-order valence-corrected chi connectivity index (χ4v) is 2.23. The standard InChI is InChI=1S/C13H17N3O2/c14-11-5-10-7-15-16-12(10)6-13(11)18-8-9-1-3-17-4-2-9/h5-7,9H,1-4,8,14H2,(H,15,16). The largest absolute Gasteiger partial charge is 0.491 e. The molecule has 0 atom stereocenters. The van der Waals surface area contributed by atoms with Gasteiger partial charge in [-0.05, 0) is 24.8 Å². The Labute approximate surface area is 105 Å². The van der Waals surface area contributed by atoms with E-state index in [1.165, 1.54) is 0 Å². The first-order valence-electron chi connectivity index (χ1n) is 6.26. The van der Waals surface area contributed by atoms with Crippen LogP contribution in [0.25, 0.3) is 10.9 Å². The number of nitrogen functional groups attached to an aromatic ring is 1. The Morgan fingerprint density at radius 2 is 2.22 bits per heavy atom. The molecule has 3 N–H and O–H groups in total. The lowest BCUT2D eigenvalue weighted by molar-refractivity contribution is 0.0499. The number of aromatic amines is 1. The number of rotatable bonds is 3. The van der Waals surface area contributed by atoms with E-state index in [2.05, 4.69) is 10.2 Å². The maximum atomic E-state index is 5.97. The van der Waals surface area contributed by atoms with Crippen molar-refractivity contribution in [2.75, 3.05) is 25.6 Å². The van der Waals surface area contributed by atoms with Crippen LogP contribution < -0.4 is 10.5 Å². The van der Waals surface area contributed by atoms with Crippen LogP contribution in [0.4, 0.5) is 5.69 Å². The summed E-state index contributed by atoms with van der Waals surface area (Å²) in [6.45, 7) is 2.37. The molecule has 0 saturated carbocycles. The highest BCUT2D eigenvalue weighted by Gasteiger charge is 2.15. The second kappa shape index (κ2) is 4.86. The molecule has 1 aliphatic rings. The number of anilines is 1. The van der Waals surface area contributed by atoms with Crippen LogP contribution in [0.1, 0.15) is 12.8 Å². The molecule has 1 aromatic heterocycles. The first-order valence-corrected chi connectivity index (χ1v) is 6.26. The number of nitrogens with zero attached hydrogens (tertiary/aromatic N) is 1. The zero-order valence-electron chi connectivity index (χ0n) is 10.2. The summed E-state index contributed by atoms with van der Waals surface area (Å²) in [7, 11) is 0. The average molecular weight is 247 g/mol. The van der Waals surface area contributed by atoms with Crippen LogP contribution >= 0.6 is 0 Å². The molecule has 18 heavy (non-hydrogen) atoms. The van der Waals surface area contributed by atoms with Crippen molar-refractivity contribution >= 4 is 16.6 Å². The normalized spacial score (nSPS) is 17.1. The van der Waals surface area contributed by atoms with Gasteiger partial charge in [-0.3, -0.25) is 5.10 Å². The number of nitrogens with one attached hydrogen (secondary N) is 1. The minimum atomic E-state index is 0.565. The van der Waals surface area contributed by atoms with Crippen molar-refractivity contribution in [1.29, 1.82) is 0 Å². The number of ether oxygens (including phenoxy) is 2. The predicted molar refractivity (Wildman–Crippen MR) is 69.5 cm³/mol. The zero-order valence-corrected chi connectivity index (χ0v) is 10.2. The molecule has 0 bridgehead atoms. The summed E-state index contributed by atoms with van der Waals surface area (Å²) in [6, 6.07) is 3.80. The number of fused-ring (bicyclic) bond motifs is 1. The van der Waals surface area contributed by atoms with Crippen molar-refractivity contribution in [2.24, 2.45) is 5.92 Å². The molecule has 3 rings (SSSR count). The van der Waals surface area contributed by atoms with Gasteiger partial charge in [0.05, 0.1) is 24.0 Å². The van der Waals surface area contributed by atoms with Crippen LogP contribution in [0.2, 0.25) is 0 Å². The van der Waals surface area contributed by atoms with Crippen LogP contribution in [0.3, 0.4) is 0 Å². The molecule has 2 heterocycles. The van der Waals surface area contributed by atoms with Crippen molar-refractivity contribution in [3.63, 3.8) is 0 Å². The summed E-state index contributed by atoms with van der Waals surface area (Å²) in [4.78, 5) is 0. The van der Waals surface area contributed by atoms with E-state index in [4.69, 9.17) is 15.2 Å². The van der Waals surface area contributed by atoms with Gasteiger partial charge in [0.25, 0.3) is 0 Å². The molecule has 2 aromatic rings. The summed E-state index contributed by atoms with van der Waals surface area (Å²) >= 11 is 0. The van der Waals surface area contributed by atoms with Crippen LogP contribution in [-0.4, -0.2) is 30.0 Å². The summed E-state index contributed by atoms with van der Waals surface area (Å²) in [6.07, 6.45) is 3.88. The number of aromatic nitrogens is 2. The van der Waals surface area contributed by atoms with E-state index in [0.29, 0.717) is 18.2 Å². The van der Waals surface area contributed by atoms with Crippen LogP contribution in [0.5, 0.6) is 5.75 Å². The summed E-state index contributed by atoms with van der Waals surface area (Å²) in [5.74, 6) is 1.30. The Morgan fingerprint density at radius 3 is 3.06 bits per heavy atom. The second-order valence-electron chi connectivity index (χ2n) is 4.71. The first kappa shape index (κ1) is 11.3. The first-order chi connectivity index (χ1) is 8.83. The molecule has 0 spiro atoms.